The van der Waals surface area contributed by atoms with E-state index in [1.165, 1.54) is 4.90 Å². The van der Waals surface area contributed by atoms with Gasteiger partial charge in [0.05, 0.1) is 27.6 Å². The molecule has 0 aromatic heterocycles. The molecular formula is C24H18Cl2N2O3. The fourth-order valence-electron chi connectivity index (χ4n) is 5.77. The van der Waals surface area contributed by atoms with Gasteiger partial charge in [0.2, 0.25) is 11.8 Å². The summed E-state index contributed by atoms with van der Waals surface area (Å²) in [5.74, 6) is 0.279. The van der Waals surface area contributed by atoms with E-state index in [-0.39, 0.29) is 41.4 Å². The summed E-state index contributed by atoms with van der Waals surface area (Å²) in [6.07, 6.45) is 5.42. The predicted molar refractivity (Wildman–Crippen MR) is 118 cm³/mol. The molecule has 0 spiro atoms. The largest absolute Gasteiger partial charge is 0.322 e. The smallest absolute Gasteiger partial charge is 0.255 e. The zero-order valence-corrected chi connectivity index (χ0v) is 17.8. The van der Waals surface area contributed by atoms with Crippen molar-refractivity contribution in [3.8, 4) is 0 Å². The first-order chi connectivity index (χ1) is 14.9. The number of hydrogen-bond donors (Lipinski definition) is 1. The van der Waals surface area contributed by atoms with Crippen LogP contribution >= 0.6 is 23.2 Å². The molecule has 6 unspecified atom stereocenters. The van der Waals surface area contributed by atoms with Crippen LogP contribution in [-0.2, 0) is 9.59 Å². The first-order valence-corrected chi connectivity index (χ1v) is 11.1. The number of carbonyl (C=O) groups excluding carboxylic acids is 3. The van der Waals surface area contributed by atoms with Crippen molar-refractivity contribution in [1.82, 2.24) is 0 Å². The van der Waals surface area contributed by atoms with Gasteiger partial charge >= 0.3 is 0 Å². The zero-order valence-electron chi connectivity index (χ0n) is 16.3. The van der Waals surface area contributed by atoms with Crippen molar-refractivity contribution >= 4 is 52.3 Å². The molecule has 2 aromatic carbocycles. The van der Waals surface area contributed by atoms with Gasteiger partial charge in [-0.2, -0.15) is 0 Å². The molecule has 2 bridgehead atoms. The second-order valence-electron chi connectivity index (χ2n) is 8.80. The minimum Gasteiger partial charge on any atom is -0.322 e. The fraction of sp³-hybridized carbons (Fsp3) is 0.292. The Hall–Kier alpha value is -2.63. The minimum atomic E-state index is -0.361. The van der Waals surface area contributed by atoms with E-state index in [9.17, 15) is 14.4 Å². The van der Waals surface area contributed by atoms with Crippen molar-refractivity contribution in [3.05, 3.63) is 70.2 Å². The van der Waals surface area contributed by atoms with Gasteiger partial charge in [-0.05, 0) is 66.5 Å². The van der Waals surface area contributed by atoms with E-state index in [1.807, 2.05) is 0 Å². The summed E-state index contributed by atoms with van der Waals surface area (Å²) in [5.41, 5.74) is 1.30. The number of imide groups is 1. The average Bonchev–Trinajstić information content (AvgIpc) is 3.54. The van der Waals surface area contributed by atoms with Crippen molar-refractivity contribution < 1.29 is 14.4 Å². The molecule has 2 saturated carbocycles. The van der Waals surface area contributed by atoms with Gasteiger partial charge in [0.25, 0.3) is 5.91 Å². The topological polar surface area (TPSA) is 66.5 Å². The molecule has 3 amide bonds. The van der Waals surface area contributed by atoms with Crippen molar-refractivity contribution in [3.63, 3.8) is 0 Å². The Kier molecular flexibility index (Phi) is 4.11. The third kappa shape index (κ3) is 2.80. The Morgan fingerprint density at radius 3 is 2.23 bits per heavy atom. The Morgan fingerprint density at radius 2 is 1.58 bits per heavy atom. The van der Waals surface area contributed by atoms with Crippen LogP contribution in [0, 0.1) is 35.5 Å². The minimum absolute atomic E-state index is 0.137. The molecule has 3 fully saturated rings. The molecule has 5 nitrogen and oxygen atoms in total. The number of rotatable bonds is 3. The zero-order chi connectivity index (χ0) is 21.4. The molecule has 0 radical (unpaired) electrons. The Bertz CT molecular complexity index is 1160. The van der Waals surface area contributed by atoms with Crippen LogP contribution < -0.4 is 10.2 Å². The molecule has 7 rings (SSSR count). The number of amides is 3. The molecular weight excluding hydrogens is 435 g/mol. The Balaban J connectivity index is 1.28. The number of carbonyl (C=O) groups is 3. The van der Waals surface area contributed by atoms with Crippen LogP contribution in [0.3, 0.4) is 0 Å². The van der Waals surface area contributed by atoms with Gasteiger partial charge in [0.15, 0.2) is 0 Å². The van der Waals surface area contributed by atoms with E-state index in [0.29, 0.717) is 38.8 Å². The summed E-state index contributed by atoms with van der Waals surface area (Å²) < 4.78 is 0. The molecule has 1 aliphatic heterocycles. The monoisotopic (exact) mass is 452 g/mol. The predicted octanol–water partition coefficient (Wildman–Crippen LogP) is 4.80. The highest BCUT2D eigenvalue weighted by Gasteiger charge is 2.67. The highest BCUT2D eigenvalue weighted by molar-refractivity contribution is 6.42. The lowest BCUT2D eigenvalue weighted by atomic mass is 9.63. The SMILES string of the molecule is O=C(Nc1ccc(Cl)c(Cl)c1)c1cccc(N2C(=O)C3C4C=CC(C5CC45)C3C2=O)c1. The van der Waals surface area contributed by atoms with Crippen LogP contribution in [0.2, 0.25) is 10.0 Å². The summed E-state index contributed by atoms with van der Waals surface area (Å²) in [6.45, 7) is 0. The van der Waals surface area contributed by atoms with Crippen molar-refractivity contribution in [2.75, 3.05) is 10.2 Å². The van der Waals surface area contributed by atoms with Crippen LogP contribution in [0.25, 0.3) is 0 Å². The van der Waals surface area contributed by atoms with Gasteiger partial charge in [-0.1, -0.05) is 41.4 Å². The quantitative estimate of drug-likeness (QED) is 0.536. The summed E-state index contributed by atoms with van der Waals surface area (Å²) in [5, 5.41) is 3.51. The van der Waals surface area contributed by atoms with Crippen molar-refractivity contribution in [1.29, 1.82) is 0 Å². The first kappa shape index (κ1) is 19.1. The van der Waals surface area contributed by atoms with Crippen LogP contribution in [0.4, 0.5) is 11.4 Å². The first-order valence-electron chi connectivity index (χ1n) is 10.4. The summed E-state index contributed by atoms with van der Waals surface area (Å²) >= 11 is 11.9. The van der Waals surface area contributed by atoms with Crippen LogP contribution in [0.1, 0.15) is 16.8 Å². The molecule has 6 atom stereocenters. The Morgan fingerprint density at radius 1 is 0.903 bits per heavy atom. The Labute approximate surface area is 189 Å². The second-order valence-corrected chi connectivity index (χ2v) is 9.61. The number of allylic oxidation sites excluding steroid dienone is 2. The van der Waals surface area contributed by atoms with Gasteiger partial charge in [-0.3, -0.25) is 14.4 Å². The van der Waals surface area contributed by atoms with Gasteiger partial charge < -0.3 is 5.32 Å². The van der Waals surface area contributed by atoms with Gasteiger partial charge in [0.1, 0.15) is 0 Å². The lowest BCUT2D eigenvalue weighted by Crippen LogP contribution is -2.40. The normalized spacial score (nSPS) is 32.1. The van der Waals surface area contributed by atoms with E-state index in [4.69, 9.17) is 23.2 Å². The van der Waals surface area contributed by atoms with Gasteiger partial charge in [-0.25, -0.2) is 4.90 Å². The maximum atomic E-state index is 13.3. The third-order valence-electron chi connectivity index (χ3n) is 7.21. The number of benzene rings is 2. The number of nitrogens with one attached hydrogen (secondary N) is 1. The second kappa shape index (κ2) is 6.68. The summed E-state index contributed by atoms with van der Waals surface area (Å²) in [4.78, 5) is 40.6. The third-order valence-corrected chi connectivity index (χ3v) is 7.95. The van der Waals surface area contributed by atoms with E-state index in [1.54, 1.807) is 42.5 Å². The molecule has 31 heavy (non-hydrogen) atoms. The number of anilines is 2. The van der Waals surface area contributed by atoms with Crippen LogP contribution in [-0.4, -0.2) is 17.7 Å². The molecule has 4 aliphatic carbocycles. The van der Waals surface area contributed by atoms with E-state index in [2.05, 4.69) is 17.5 Å². The number of nitrogens with zero attached hydrogens (tertiary/aromatic N) is 1. The molecule has 1 heterocycles. The number of halogens is 2. The maximum absolute atomic E-state index is 13.3. The summed E-state index contributed by atoms with van der Waals surface area (Å²) in [6, 6.07) is 11.5. The highest BCUT2D eigenvalue weighted by Crippen LogP contribution is 2.65. The average molecular weight is 453 g/mol. The van der Waals surface area contributed by atoms with Crippen molar-refractivity contribution in [2.45, 2.75) is 6.42 Å². The van der Waals surface area contributed by atoms with Crippen LogP contribution in [0.5, 0.6) is 0 Å². The lowest BCUT2D eigenvalue weighted by Gasteiger charge is -2.37. The lowest BCUT2D eigenvalue weighted by molar-refractivity contribution is -0.124. The van der Waals surface area contributed by atoms with E-state index in [0.717, 1.165) is 6.42 Å². The fourth-order valence-corrected chi connectivity index (χ4v) is 6.07. The van der Waals surface area contributed by atoms with Crippen molar-refractivity contribution in [2.24, 2.45) is 35.5 Å². The molecule has 1 saturated heterocycles. The number of hydrogen-bond acceptors (Lipinski definition) is 3. The molecule has 5 aliphatic rings. The molecule has 1 N–H and O–H groups in total. The molecule has 7 heteroatoms. The van der Waals surface area contributed by atoms with Gasteiger partial charge in [-0.15, -0.1) is 0 Å². The van der Waals surface area contributed by atoms with Gasteiger partial charge in [0, 0.05) is 11.3 Å². The maximum Gasteiger partial charge on any atom is 0.255 e. The van der Waals surface area contributed by atoms with E-state index >= 15 is 0 Å². The highest BCUT2D eigenvalue weighted by atomic mass is 35.5. The van der Waals surface area contributed by atoms with E-state index < -0.39 is 0 Å². The molecule has 156 valence electrons. The standard InChI is InChI=1S/C24H18Cl2N2O3/c25-18-7-4-12(9-19(18)26)27-22(29)11-2-1-3-13(8-11)28-23(30)20-14-5-6-15(17-10-16(14)17)21(20)24(28)31/h1-9,14-17,20-21H,10H2,(H,27,29). The molecule has 2 aromatic rings. The van der Waals surface area contributed by atoms with Crippen LogP contribution in [0.15, 0.2) is 54.6 Å². The summed E-state index contributed by atoms with van der Waals surface area (Å²) in [7, 11) is 0.